The average molecular weight is 757 g/mol. The highest BCUT2D eigenvalue weighted by molar-refractivity contribution is 6.09. The van der Waals surface area contributed by atoms with Gasteiger partial charge in [-0.25, -0.2) is 0 Å². The lowest BCUT2D eigenvalue weighted by molar-refractivity contribution is -0.240. The highest BCUT2D eigenvalue weighted by Gasteiger charge is 2.60. The lowest BCUT2D eigenvalue weighted by atomic mass is 9.80. The summed E-state index contributed by atoms with van der Waals surface area (Å²) in [4.78, 5) is 13.2. The molecule has 282 valence electrons. The van der Waals surface area contributed by atoms with Crippen LogP contribution >= 0.6 is 0 Å². The SMILES string of the molecule is COc1ccc([C@@]23ON=C(O2)c2c(C)nn(-c4ccccc4)c2Oc2ccc(cc2)Oc2c(c(C)nn2-c2ccccc2)C2=NO[C@@H]3[C@@H]2c2ccc(C)cc2)cc1. The monoisotopic (exact) mass is 756 g/mol. The van der Waals surface area contributed by atoms with Crippen LogP contribution in [0.15, 0.2) is 144 Å². The normalized spacial score (nSPS) is 19.2. The van der Waals surface area contributed by atoms with Crippen LogP contribution in [-0.2, 0) is 20.2 Å². The van der Waals surface area contributed by atoms with Crippen LogP contribution in [0.4, 0.5) is 0 Å². The van der Waals surface area contributed by atoms with E-state index in [9.17, 15) is 0 Å². The summed E-state index contributed by atoms with van der Waals surface area (Å²) in [5.74, 6) is 0.535. The van der Waals surface area contributed by atoms with Crippen molar-refractivity contribution in [3.05, 3.63) is 173 Å². The van der Waals surface area contributed by atoms with E-state index in [-0.39, 0.29) is 5.90 Å². The summed E-state index contributed by atoms with van der Waals surface area (Å²) in [7, 11) is 1.62. The maximum atomic E-state index is 7.10. The number of hydrogen-bond acceptors (Lipinski definition) is 10. The molecule has 11 rings (SSSR count). The van der Waals surface area contributed by atoms with Gasteiger partial charge < -0.3 is 28.6 Å². The number of hydrogen-bond donors (Lipinski definition) is 0. The third-order valence-corrected chi connectivity index (χ3v) is 10.4. The Morgan fingerprint density at radius 3 is 1.75 bits per heavy atom. The Bertz CT molecular complexity index is 2670. The summed E-state index contributed by atoms with van der Waals surface area (Å²) >= 11 is 0. The Labute approximate surface area is 328 Å². The zero-order valence-corrected chi connectivity index (χ0v) is 31.5. The van der Waals surface area contributed by atoms with Crippen molar-refractivity contribution >= 4 is 11.6 Å². The molecular weight excluding hydrogens is 721 g/mol. The van der Waals surface area contributed by atoms with Crippen molar-refractivity contribution < 1.29 is 28.6 Å². The molecule has 0 amide bonds. The van der Waals surface area contributed by atoms with Crippen LogP contribution in [0, 0.1) is 20.8 Å². The van der Waals surface area contributed by atoms with E-state index >= 15 is 0 Å². The number of ether oxygens (including phenoxy) is 4. The average Bonchev–Trinajstić information content (AvgIpc) is 4.03. The van der Waals surface area contributed by atoms with Gasteiger partial charge in [-0.1, -0.05) is 71.4 Å². The van der Waals surface area contributed by atoms with Gasteiger partial charge in [0.2, 0.25) is 17.9 Å². The molecule has 12 heteroatoms. The number of benzene rings is 5. The molecule has 6 bridgehead atoms. The summed E-state index contributed by atoms with van der Waals surface area (Å²) in [6.45, 7) is 5.88. The van der Waals surface area contributed by atoms with Crippen LogP contribution in [-0.4, -0.2) is 44.4 Å². The molecule has 6 heterocycles. The minimum Gasteiger partial charge on any atom is -0.497 e. The van der Waals surface area contributed by atoms with Crippen LogP contribution in [0.25, 0.3) is 11.4 Å². The molecule has 12 nitrogen and oxygen atoms in total. The van der Waals surface area contributed by atoms with Gasteiger partial charge in [-0.3, -0.25) is 0 Å². The van der Waals surface area contributed by atoms with E-state index in [0.29, 0.717) is 62.8 Å². The number of aromatic nitrogens is 4. The van der Waals surface area contributed by atoms with Crippen LogP contribution in [0.2, 0.25) is 0 Å². The largest absolute Gasteiger partial charge is 0.497 e. The number of nitrogens with zero attached hydrogens (tertiary/aromatic N) is 6. The molecule has 0 radical (unpaired) electrons. The van der Waals surface area contributed by atoms with Gasteiger partial charge in [-0.2, -0.15) is 19.6 Å². The Morgan fingerprint density at radius 1 is 0.614 bits per heavy atom. The van der Waals surface area contributed by atoms with Crippen LogP contribution < -0.4 is 14.2 Å². The van der Waals surface area contributed by atoms with Crippen molar-refractivity contribution in [1.82, 2.24) is 19.6 Å². The highest BCUT2D eigenvalue weighted by atomic mass is 16.8. The summed E-state index contributed by atoms with van der Waals surface area (Å²) in [5, 5.41) is 19.5. The minimum absolute atomic E-state index is 0.168. The maximum absolute atomic E-state index is 7.10. The fourth-order valence-electron chi connectivity index (χ4n) is 7.60. The van der Waals surface area contributed by atoms with Gasteiger partial charge in [0.15, 0.2) is 0 Å². The van der Waals surface area contributed by atoms with E-state index in [0.717, 1.165) is 22.5 Å². The van der Waals surface area contributed by atoms with E-state index in [1.807, 2.05) is 123 Å². The molecule has 0 fully saturated rings. The third-order valence-electron chi connectivity index (χ3n) is 10.4. The number of para-hydroxylation sites is 2. The van der Waals surface area contributed by atoms with E-state index in [2.05, 4.69) is 36.3 Å². The number of rotatable bonds is 5. The first-order valence-electron chi connectivity index (χ1n) is 18.6. The summed E-state index contributed by atoms with van der Waals surface area (Å²) in [6.07, 6.45) is -0.919. The number of methoxy groups -OCH3 is 1. The van der Waals surface area contributed by atoms with Gasteiger partial charge in [0.05, 0.1) is 41.4 Å². The predicted octanol–water partition coefficient (Wildman–Crippen LogP) is 9.04. The molecule has 0 aliphatic carbocycles. The van der Waals surface area contributed by atoms with Crippen molar-refractivity contribution in [2.75, 3.05) is 7.11 Å². The summed E-state index contributed by atoms with van der Waals surface area (Å²) < 4.78 is 29.7. The maximum Gasteiger partial charge on any atom is 0.344 e. The fraction of sp³-hybridized carbons (Fsp3) is 0.156. The number of oxime groups is 2. The molecule has 57 heavy (non-hydrogen) atoms. The van der Waals surface area contributed by atoms with Crippen molar-refractivity contribution in [3.63, 3.8) is 0 Å². The Morgan fingerprint density at radius 2 is 1.18 bits per heavy atom. The molecule has 4 aliphatic heterocycles. The summed E-state index contributed by atoms with van der Waals surface area (Å²) in [5.41, 5.74) is 7.30. The lowest BCUT2D eigenvalue weighted by Gasteiger charge is -2.34. The first-order valence-corrected chi connectivity index (χ1v) is 18.6. The molecular formula is C45H36N6O6. The van der Waals surface area contributed by atoms with Gasteiger partial charge in [0.1, 0.15) is 28.5 Å². The van der Waals surface area contributed by atoms with E-state index < -0.39 is 17.8 Å². The second kappa shape index (κ2) is 13.4. The van der Waals surface area contributed by atoms with E-state index in [1.165, 1.54) is 0 Å². The first kappa shape index (κ1) is 34.2. The molecule has 0 spiro atoms. The van der Waals surface area contributed by atoms with Crippen LogP contribution in [0.5, 0.6) is 29.0 Å². The Hall–Kier alpha value is -7.34. The van der Waals surface area contributed by atoms with Crippen molar-refractivity contribution in [1.29, 1.82) is 0 Å². The zero-order chi connectivity index (χ0) is 38.7. The van der Waals surface area contributed by atoms with Gasteiger partial charge in [0.25, 0.3) is 5.90 Å². The van der Waals surface area contributed by atoms with Crippen LogP contribution in [0.1, 0.15) is 45.1 Å². The van der Waals surface area contributed by atoms with E-state index in [1.54, 1.807) is 16.5 Å². The number of fused-ring (bicyclic) bond motifs is 2. The van der Waals surface area contributed by atoms with Gasteiger partial charge in [-0.15, -0.1) is 0 Å². The quantitative estimate of drug-likeness (QED) is 0.171. The van der Waals surface area contributed by atoms with Crippen molar-refractivity contribution in [3.8, 4) is 40.4 Å². The van der Waals surface area contributed by atoms with Crippen LogP contribution in [0.3, 0.4) is 0 Å². The molecule has 0 unspecified atom stereocenters. The molecule has 0 saturated heterocycles. The molecule has 2 aromatic heterocycles. The molecule has 7 aromatic rings. The predicted molar refractivity (Wildman–Crippen MR) is 212 cm³/mol. The zero-order valence-electron chi connectivity index (χ0n) is 31.5. The summed E-state index contributed by atoms with van der Waals surface area (Å²) in [6, 6.07) is 42.7. The fourth-order valence-corrected chi connectivity index (χ4v) is 7.60. The third kappa shape index (κ3) is 5.67. The minimum atomic E-state index is -1.66. The molecule has 4 aliphatic rings. The van der Waals surface area contributed by atoms with Crippen molar-refractivity contribution in [2.24, 2.45) is 10.3 Å². The topological polar surface area (TPSA) is 116 Å². The van der Waals surface area contributed by atoms with Crippen molar-refractivity contribution in [2.45, 2.75) is 38.6 Å². The highest BCUT2D eigenvalue weighted by Crippen LogP contribution is 2.50. The molecule has 0 saturated carbocycles. The van der Waals surface area contributed by atoms with Gasteiger partial charge in [0, 0.05) is 5.56 Å². The standard InChI is InChI=1S/C45H36N6O6/c1-27-15-17-30(18-16-27)39-40-37-28(2)46-50(32-11-7-5-8-12-32)43(37)53-35-23-25-36(26-24-35)54-44-38(29(3)47-51(44)33-13-9-6-10-14-33)42-49-57-45(55-42,41(39)56-48-40)31-19-21-34(52-4)22-20-31/h5-26,39,41H,1-4H3/t39-,41-,45+/m1/s1. The number of aryl methyl sites for hydroxylation is 3. The molecule has 0 N–H and O–H groups in total. The second-order valence-corrected chi connectivity index (χ2v) is 14.1. The van der Waals surface area contributed by atoms with E-state index in [4.69, 9.17) is 44.0 Å². The Kier molecular flexibility index (Phi) is 8.06. The van der Waals surface area contributed by atoms with Gasteiger partial charge in [-0.05, 0) is 104 Å². The van der Waals surface area contributed by atoms with Gasteiger partial charge >= 0.3 is 5.79 Å². The smallest absolute Gasteiger partial charge is 0.344 e. The lowest BCUT2D eigenvalue weighted by Crippen LogP contribution is -2.46. The first-order chi connectivity index (χ1) is 27.9. The second-order valence-electron chi connectivity index (χ2n) is 14.1. The Balaban J connectivity index is 1.23. The molecule has 5 aromatic carbocycles. The molecule has 3 atom stereocenters.